The van der Waals surface area contributed by atoms with Crippen molar-refractivity contribution in [3.8, 4) is 0 Å². The van der Waals surface area contributed by atoms with Crippen LogP contribution in [0.1, 0.15) is 27.8 Å². The van der Waals surface area contributed by atoms with E-state index in [2.05, 4.69) is 65.6 Å². The Kier molecular flexibility index (Phi) is 12.6. The van der Waals surface area contributed by atoms with E-state index in [1.165, 1.54) is 0 Å². The average Bonchev–Trinajstić information content (AvgIpc) is 3.15. The molecule has 6 nitrogen and oxygen atoms in total. The molecule has 1 aliphatic heterocycles. The Bertz CT molecular complexity index is 1590. The first-order chi connectivity index (χ1) is 23.8. The lowest BCUT2D eigenvalue weighted by molar-refractivity contribution is -0.235. The first kappa shape index (κ1) is 33.7. The second kappa shape index (κ2) is 17.9. The average molecular weight is 644 g/mol. The molecule has 1 aliphatic rings. The van der Waals surface area contributed by atoms with Crippen molar-refractivity contribution >= 4 is 0 Å². The van der Waals surface area contributed by atoms with Gasteiger partial charge in [-0.15, -0.1) is 0 Å². The maximum Gasteiger partial charge on any atom is 0.113 e. The summed E-state index contributed by atoms with van der Waals surface area (Å²) in [5.41, 5.74) is 5.43. The summed E-state index contributed by atoms with van der Waals surface area (Å²) in [5, 5.41) is 11.2. The fourth-order valence-corrected chi connectivity index (χ4v) is 6.45. The molecule has 6 rings (SSSR count). The van der Waals surface area contributed by atoms with Gasteiger partial charge in [0.05, 0.1) is 51.7 Å². The van der Waals surface area contributed by atoms with Crippen LogP contribution in [-0.4, -0.2) is 53.6 Å². The van der Waals surface area contributed by atoms with E-state index in [1.807, 2.05) is 91.0 Å². The van der Waals surface area contributed by atoms with Crippen LogP contribution in [0.4, 0.5) is 0 Å². The van der Waals surface area contributed by atoms with Gasteiger partial charge >= 0.3 is 0 Å². The van der Waals surface area contributed by atoms with Gasteiger partial charge in [0, 0.05) is 6.54 Å². The highest BCUT2D eigenvalue weighted by molar-refractivity contribution is 5.19. The van der Waals surface area contributed by atoms with Gasteiger partial charge in [0.15, 0.2) is 0 Å². The van der Waals surface area contributed by atoms with Gasteiger partial charge in [-0.2, -0.15) is 0 Å². The minimum atomic E-state index is -0.493. The summed E-state index contributed by atoms with van der Waals surface area (Å²) in [4.78, 5) is 2.31. The number of aliphatic hydroxyl groups excluding tert-OH is 1. The van der Waals surface area contributed by atoms with Crippen LogP contribution in [0, 0.1) is 0 Å². The van der Waals surface area contributed by atoms with Crippen molar-refractivity contribution in [1.29, 1.82) is 0 Å². The molecule has 0 spiro atoms. The molecule has 5 atom stereocenters. The summed E-state index contributed by atoms with van der Waals surface area (Å²) >= 11 is 0. The third-order valence-electron chi connectivity index (χ3n) is 8.91. The third kappa shape index (κ3) is 9.26. The number of rotatable bonds is 16. The normalized spacial score (nSPS) is 21.2. The van der Waals surface area contributed by atoms with E-state index >= 15 is 0 Å². The van der Waals surface area contributed by atoms with Crippen molar-refractivity contribution in [3.05, 3.63) is 179 Å². The second-order valence-corrected chi connectivity index (χ2v) is 12.3. The molecule has 0 aromatic heterocycles. The molecule has 48 heavy (non-hydrogen) atoms. The van der Waals surface area contributed by atoms with Crippen LogP contribution in [0.2, 0.25) is 0 Å². The Morgan fingerprint density at radius 3 is 1.19 bits per heavy atom. The second-order valence-electron chi connectivity index (χ2n) is 12.3. The van der Waals surface area contributed by atoms with Gasteiger partial charge in [-0.3, -0.25) is 4.90 Å². The summed E-state index contributed by atoms with van der Waals surface area (Å²) in [5.74, 6) is 0. The van der Waals surface area contributed by atoms with E-state index < -0.39 is 18.3 Å². The Labute approximate surface area is 284 Å². The monoisotopic (exact) mass is 643 g/mol. The molecule has 0 aliphatic carbocycles. The van der Waals surface area contributed by atoms with E-state index in [1.54, 1.807) is 0 Å². The molecule has 5 aromatic rings. The quantitative estimate of drug-likeness (QED) is 0.123. The van der Waals surface area contributed by atoms with Crippen molar-refractivity contribution < 1.29 is 24.1 Å². The van der Waals surface area contributed by atoms with Crippen LogP contribution in [0.5, 0.6) is 0 Å². The van der Waals surface area contributed by atoms with E-state index in [0.717, 1.165) is 27.8 Å². The highest BCUT2D eigenvalue weighted by Crippen LogP contribution is 2.34. The molecular formula is C42H45NO5. The molecule has 5 aromatic carbocycles. The molecule has 0 radical (unpaired) electrons. The molecule has 1 heterocycles. The highest BCUT2D eigenvalue weighted by Gasteiger charge is 2.51. The number of hydrogen-bond donors (Lipinski definition) is 1. The first-order valence-electron chi connectivity index (χ1n) is 16.8. The number of piperidine rings is 1. The van der Waals surface area contributed by atoms with Gasteiger partial charge < -0.3 is 24.1 Å². The summed E-state index contributed by atoms with van der Waals surface area (Å²) in [7, 11) is 0. The fourth-order valence-electron chi connectivity index (χ4n) is 6.45. The fraction of sp³-hybridized carbons (Fsp3) is 0.286. The molecule has 248 valence electrons. The standard InChI is InChI=1S/C42H45NO5/c44-27-38-40(46-29-35-20-10-3-11-21-35)42(48-31-37-24-14-5-15-25-37)41(47-30-36-22-12-4-13-23-36)39(32-45-28-34-18-8-2-9-19-34)43(38)26-33-16-6-1-7-17-33/h1-25,38-42,44H,26-32H2/t38-,39-,40+,41-,42-/m1/s1. The van der Waals surface area contributed by atoms with Crippen LogP contribution < -0.4 is 0 Å². The van der Waals surface area contributed by atoms with Crippen molar-refractivity contribution in [2.45, 2.75) is 63.4 Å². The molecular weight excluding hydrogens is 598 g/mol. The Balaban J connectivity index is 1.37. The number of nitrogens with zero attached hydrogens (tertiary/aromatic N) is 1. The van der Waals surface area contributed by atoms with E-state index in [4.69, 9.17) is 18.9 Å². The Morgan fingerprint density at radius 2 is 0.771 bits per heavy atom. The molecule has 1 fully saturated rings. The first-order valence-corrected chi connectivity index (χ1v) is 16.8. The summed E-state index contributed by atoms with van der Waals surface area (Å²) in [6, 6.07) is 50.5. The van der Waals surface area contributed by atoms with Crippen molar-refractivity contribution in [1.82, 2.24) is 4.90 Å². The summed E-state index contributed by atoms with van der Waals surface area (Å²) < 4.78 is 27.1. The molecule has 0 amide bonds. The molecule has 1 saturated heterocycles. The van der Waals surface area contributed by atoms with Crippen LogP contribution >= 0.6 is 0 Å². The summed E-state index contributed by atoms with van der Waals surface area (Å²) in [6.45, 7) is 2.50. The lowest BCUT2D eigenvalue weighted by Gasteiger charge is -2.52. The maximum absolute atomic E-state index is 11.2. The Hall–Kier alpha value is -4.14. The van der Waals surface area contributed by atoms with Crippen molar-refractivity contribution in [2.75, 3.05) is 13.2 Å². The zero-order valence-electron chi connectivity index (χ0n) is 27.3. The van der Waals surface area contributed by atoms with Gasteiger partial charge in [-0.05, 0) is 27.8 Å². The topological polar surface area (TPSA) is 60.4 Å². The van der Waals surface area contributed by atoms with Crippen LogP contribution in [0.3, 0.4) is 0 Å². The van der Waals surface area contributed by atoms with Crippen molar-refractivity contribution in [3.63, 3.8) is 0 Å². The van der Waals surface area contributed by atoms with Gasteiger partial charge in [-0.1, -0.05) is 152 Å². The lowest BCUT2D eigenvalue weighted by Crippen LogP contribution is -2.69. The predicted octanol–water partition coefficient (Wildman–Crippen LogP) is 7.20. The van der Waals surface area contributed by atoms with Crippen LogP contribution in [0.15, 0.2) is 152 Å². The predicted molar refractivity (Wildman–Crippen MR) is 188 cm³/mol. The van der Waals surface area contributed by atoms with Gasteiger partial charge in [0.25, 0.3) is 0 Å². The minimum absolute atomic E-state index is 0.113. The van der Waals surface area contributed by atoms with E-state index in [9.17, 15) is 5.11 Å². The minimum Gasteiger partial charge on any atom is -0.395 e. The number of likely N-dealkylation sites (tertiary alicyclic amines) is 1. The van der Waals surface area contributed by atoms with Crippen molar-refractivity contribution in [2.24, 2.45) is 0 Å². The molecule has 6 heteroatoms. The lowest BCUT2D eigenvalue weighted by atomic mass is 9.86. The van der Waals surface area contributed by atoms with Gasteiger partial charge in [-0.25, -0.2) is 0 Å². The smallest absolute Gasteiger partial charge is 0.113 e. The molecule has 0 saturated carbocycles. The zero-order chi connectivity index (χ0) is 32.8. The van der Waals surface area contributed by atoms with Crippen LogP contribution in [0.25, 0.3) is 0 Å². The Morgan fingerprint density at radius 1 is 0.417 bits per heavy atom. The SMILES string of the molecule is OC[C@@H]1[C@H](OCc2ccccc2)[C@@H](OCc2ccccc2)[C@H](OCc2ccccc2)[C@@H](COCc2ccccc2)N1Cc1ccccc1. The number of ether oxygens (including phenoxy) is 4. The third-order valence-corrected chi connectivity index (χ3v) is 8.91. The number of benzene rings is 5. The largest absolute Gasteiger partial charge is 0.395 e. The molecule has 1 N–H and O–H groups in total. The van der Waals surface area contributed by atoms with E-state index in [-0.39, 0.29) is 18.7 Å². The maximum atomic E-state index is 11.2. The molecule has 0 unspecified atom stereocenters. The highest BCUT2D eigenvalue weighted by atomic mass is 16.6. The van der Waals surface area contributed by atoms with E-state index in [0.29, 0.717) is 39.6 Å². The van der Waals surface area contributed by atoms with Gasteiger partial charge in [0.1, 0.15) is 18.3 Å². The summed E-state index contributed by atoms with van der Waals surface area (Å²) in [6.07, 6.45) is -1.42. The number of aliphatic hydroxyl groups is 1. The van der Waals surface area contributed by atoms with Gasteiger partial charge in [0.2, 0.25) is 0 Å². The zero-order valence-corrected chi connectivity index (χ0v) is 27.3. The van der Waals surface area contributed by atoms with Crippen LogP contribution in [-0.2, 0) is 51.9 Å². The molecule has 0 bridgehead atoms. The number of hydrogen-bond acceptors (Lipinski definition) is 6.